The fraction of sp³-hybridized carbons (Fsp3) is 0.231. The first-order chi connectivity index (χ1) is 9.56. The van der Waals surface area contributed by atoms with E-state index in [9.17, 15) is 9.59 Å². The van der Waals surface area contributed by atoms with Crippen LogP contribution in [0.3, 0.4) is 0 Å². The number of nitrogens with one attached hydrogen (secondary N) is 2. The normalized spacial score (nSPS) is 10.3. The van der Waals surface area contributed by atoms with Crippen LogP contribution in [0.5, 0.6) is 0 Å². The van der Waals surface area contributed by atoms with Crippen LogP contribution in [0.15, 0.2) is 39.5 Å². The molecule has 0 fully saturated rings. The molecule has 20 heavy (non-hydrogen) atoms. The molecule has 0 aliphatic rings. The highest BCUT2D eigenvalue weighted by Crippen LogP contribution is 2.13. The van der Waals surface area contributed by atoms with Crippen molar-refractivity contribution in [2.45, 2.75) is 12.8 Å². The van der Waals surface area contributed by atoms with Crippen molar-refractivity contribution in [3.8, 4) is 0 Å². The SMILES string of the molecule is Cn1cc(Br)cc1C(=O)NNC(=O)CCc1ccco1. The molecule has 0 saturated heterocycles. The Bertz CT molecular complexity index is 604. The van der Waals surface area contributed by atoms with Crippen LogP contribution in [0.25, 0.3) is 0 Å². The van der Waals surface area contributed by atoms with Crippen LogP contribution in [0.1, 0.15) is 22.7 Å². The molecule has 0 aliphatic carbocycles. The number of hydrogen-bond donors (Lipinski definition) is 2. The summed E-state index contributed by atoms with van der Waals surface area (Å²) in [6.45, 7) is 0. The Hall–Kier alpha value is -2.02. The minimum atomic E-state index is -0.371. The van der Waals surface area contributed by atoms with E-state index in [1.165, 1.54) is 0 Å². The predicted octanol–water partition coefficient (Wildman–Crippen LogP) is 1.77. The second-order valence-corrected chi connectivity index (χ2v) is 5.15. The second kappa shape index (κ2) is 6.42. The lowest BCUT2D eigenvalue weighted by atomic mass is 10.2. The first-order valence-electron chi connectivity index (χ1n) is 5.99. The van der Waals surface area contributed by atoms with Crippen LogP contribution in [-0.4, -0.2) is 16.4 Å². The van der Waals surface area contributed by atoms with Gasteiger partial charge in [-0.05, 0) is 34.1 Å². The molecule has 0 radical (unpaired) electrons. The molecule has 0 aromatic carbocycles. The third-order valence-corrected chi connectivity index (χ3v) is 3.13. The van der Waals surface area contributed by atoms with Gasteiger partial charge in [0.2, 0.25) is 5.91 Å². The Kier molecular flexibility index (Phi) is 4.62. The van der Waals surface area contributed by atoms with E-state index in [2.05, 4.69) is 26.8 Å². The van der Waals surface area contributed by atoms with E-state index in [4.69, 9.17) is 4.42 Å². The average Bonchev–Trinajstić information content (AvgIpc) is 3.03. The highest BCUT2D eigenvalue weighted by Gasteiger charge is 2.12. The smallest absolute Gasteiger partial charge is 0.286 e. The molecule has 6 nitrogen and oxygen atoms in total. The van der Waals surface area contributed by atoms with Crippen molar-refractivity contribution in [3.05, 3.63) is 46.6 Å². The van der Waals surface area contributed by atoms with Crippen molar-refractivity contribution in [1.82, 2.24) is 15.4 Å². The maximum atomic E-state index is 11.8. The molecule has 7 heteroatoms. The first kappa shape index (κ1) is 14.4. The van der Waals surface area contributed by atoms with E-state index in [-0.39, 0.29) is 18.2 Å². The summed E-state index contributed by atoms with van der Waals surface area (Å²) < 4.78 is 7.58. The van der Waals surface area contributed by atoms with Crippen molar-refractivity contribution >= 4 is 27.7 Å². The van der Waals surface area contributed by atoms with Gasteiger partial charge in [0.25, 0.3) is 5.91 Å². The standard InChI is InChI=1S/C13H14BrN3O3/c1-17-8-9(14)7-11(17)13(19)16-15-12(18)5-4-10-3-2-6-20-10/h2-3,6-8H,4-5H2,1H3,(H,15,18)(H,16,19). The van der Waals surface area contributed by atoms with Crippen LogP contribution in [0.2, 0.25) is 0 Å². The average molecular weight is 340 g/mol. The van der Waals surface area contributed by atoms with E-state index < -0.39 is 0 Å². The number of hydrazine groups is 1. The molecule has 0 atom stereocenters. The van der Waals surface area contributed by atoms with E-state index in [0.29, 0.717) is 12.1 Å². The Morgan fingerprint density at radius 3 is 2.80 bits per heavy atom. The maximum absolute atomic E-state index is 11.8. The van der Waals surface area contributed by atoms with Crippen LogP contribution in [-0.2, 0) is 18.3 Å². The predicted molar refractivity (Wildman–Crippen MR) is 75.8 cm³/mol. The quantitative estimate of drug-likeness (QED) is 0.833. The van der Waals surface area contributed by atoms with Gasteiger partial charge in [-0.3, -0.25) is 20.4 Å². The van der Waals surface area contributed by atoms with Gasteiger partial charge < -0.3 is 8.98 Å². The molecule has 2 N–H and O–H groups in total. The highest BCUT2D eigenvalue weighted by molar-refractivity contribution is 9.10. The number of aromatic nitrogens is 1. The molecular weight excluding hydrogens is 326 g/mol. The Labute approximate surface area is 124 Å². The zero-order chi connectivity index (χ0) is 14.5. The summed E-state index contributed by atoms with van der Waals surface area (Å²) in [7, 11) is 1.75. The van der Waals surface area contributed by atoms with E-state index in [1.54, 1.807) is 42.3 Å². The lowest BCUT2D eigenvalue weighted by Crippen LogP contribution is -2.42. The van der Waals surface area contributed by atoms with Gasteiger partial charge in [0.05, 0.1) is 6.26 Å². The molecule has 2 aromatic rings. The van der Waals surface area contributed by atoms with Gasteiger partial charge in [-0.1, -0.05) is 0 Å². The van der Waals surface area contributed by atoms with Crippen molar-refractivity contribution in [1.29, 1.82) is 0 Å². The number of carbonyl (C=O) groups is 2. The van der Waals surface area contributed by atoms with Gasteiger partial charge in [-0.2, -0.15) is 0 Å². The third kappa shape index (κ3) is 3.74. The largest absolute Gasteiger partial charge is 0.469 e. The minimum absolute atomic E-state index is 0.241. The van der Waals surface area contributed by atoms with E-state index in [1.807, 2.05) is 0 Å². The van der Waals surface area contributed by atoms with Crippen molar-refractivity contribution in [3.63, 3.8) is 0 Å². The molecule has 0 aliphatic heterocycles. The number of halogens is 1. The molecule has 2 aromatic heterocycles. The Balaban J connectivity index is 1.78. The molecule has 0 bridgehead atoms. The molecule has 0 unspecified atom stereocenters. The fourth-order valence-electron chi connectivity index (χ4n) is 1.69. The lowest BCUT2D eigenvalue weighted by molar-refractivity contribution is -0.121. The summed E-state index contributed by atoms with van der Waals surface area (Å²) >= 11 is 3.28. The van der Waals surface area contributed by atoms with Gasteiger partial charge >= 0.3 is 0 Å². The lowest BCUT2D eigenvalue weighted by Gasteiger charge is -2.07. The van der Waals surface area contributed by atoms with Crippen LogP contribution < -0.4 is 10.9 Å². The molecule has 2 heterocycles. The first-order valence-corrected chi connectivity index (χ1v) is 6.79. The van der Waals surface area contributed by atoms with Crippen molar-refractivity contribution in [2.75, 3.05) is 0 Å². The van der Waals surface area contributed by atoms with Crippen molar-refractivity contribution in [2.24, 2.45) is 7.05 Å². The number of nitrogens with zero attached hydrogens (tertiary/aromatic N) is 1. The van der Waals surface area contributed by atoms with Gasteiger partial charge in [0.15, 0.2) is 0 Å². The Morgan fingerprint density at radius 2 is 2.20 bits per heavy atom. The van der Waals surface area contributed by atoms with Gasteiger partial charge in [0.1, 0.15) is 11.5 Å². The highest BCUT2D eigenvalue weighted by atomic mass is 79.9. The number of rotatable bonds is 4. The summed E-state index contributed by atoms with van der Waals surface area (Å²) in [6, 6.07) is 5.24. The molecule has 2 rings (SSSR count). The van der Waals surface area contributed by atoms with Crippen molar-refractivity contribution < 1.29 is 14.0 Å². The summed E-state index contributed by atoms with van der Waals surface area (Å²) in [4.78, 5) is 23.4. The second-order valence-electron chi connectivity index (χ2n) is 4.24. The summed E-state index contributed by atoms with van der Waals surface area (Å²) in [5.74, 6) is 0.0883. The van der Waals surface area contributed by atoms with Crippen LogP contribution >= 0.6 is 15.9 Å². The van der Waals surface area contributed by atoms with E-state index >= 15 is 0 Å². The van der Waals surface area contributed by atoms with Crippen LogP contribution in [0, 0.1) is 0 Å². The van der Waals surface area contributed by atoms with E-state index in [0.717, 1.165) is 10.2 Å². The fourth-order valence-corrected chi connectivity index (χ4v) is 2.22. The number of carbonyl (C=O) groups excluding carboxylic acids is 2. The summed E-state index contributed by atoms with van der Waals surface area (Å²) in [5, 5.41) is 0. The zero-order valence-electron chi connectivity index (χ0n) is 10.9. The topological polar surface area (TPSA) is 76.3 Å². The van der Waals surface area contributed by atoms with Gasteiger partial charge in [0, 0.05) is 30.6 Å². The third-order valence-electron chi connectivity index (χ3n) is 2.70. The maximum Gasteiger partial charge on any atom is 0.286 e. The molecule has 0 saturated carbocycles. The van der Waals surface area contributed by atoms with Gasteiger partial charge in [-0.25, -0.2) is 0 Å². The molecule has 2 amide bonds. The number of aryl methyl sites for hydroxylation is 2. The number of hydrogen-bond acceptors (Lipinski definition) is 3. The van der Waals surface area contributed by atoms with Gasteiger partial charge in [-0.15, -0.1) is 0 Å². The number of furan rings is 1. The Morgan fingerprint density at radius 1 is 1.40 bits per heavy atom. The summed E-state index contributed by atoms with van der Waals surface area (Å²) in [6.07, 6.45) is 4.05. The minimum Gasteiger partial charge on any atom is -0.469 e. The number of amides is 2. The molecule has 106 valence electrons. The molecule has 0 spiro atoms. The monoisotopic (exact) mass is 339 g/mol. The molecular formula is C13H14BrN3O3. The zero-order valence-corrected chi connectivity index (χ0v) is 12.4. The van der Waals surface area contributed by atoms with Crippen LogP contribution in [0.4, 0.5) is 0 Å². The summed E-state index contributed by atoms with van der Waals surface area (Å²) in [5.41, 5.74) is 5.19.